The highest BCUT2D eigenvalue weighted by atomic mass is 19.4. The van der Waals surface area contributed by atoms with Gasteiger partial charge in [0.25, 0.3) is 0 Å². The van der Waals surface area contributed by atoms with Gasteiger partial charge in [-0.2, -0.15) is 13.2 Å². The van der Waals surface area contributed by atoms with Gasteiger partial charge in [0.05, 0.1) is 11.2 Å². The van der Waals surface area contributed by atoms with E-state index in [2.05, 4.69) is 0 Å². The molecular weight excluding hydrogens is 269 g/mol. The number of aliphatic hydroxyl groups excluding tert-OH is 1. The Labute approximate surface area is 117 Å². The molecule has 1 atom stereocenters. The highest BCUT2D eigenvalue weighted by Crippen LogP contribution is 2.37. The van der Waals surface area contributed by atoms with Crippen molar-refractivity contribution in [3.8, 4) is 0 Å². The standard InChI is InChI=1S/C15H21F3O2/c1-4-14(5-2,20-6-3)13(19)11-8-7-9-12(10-11)15(16,17)18/h7-10,13,19H,4-6H2,1-3H3. The summed E-state index contributed by atoms with van der Waals surface area (Å²) >= 11 is 0. The van der Waals surface area contributed by atoms with Crippen LogP contribution < -0.4 is 0 Å². The summed E-state index contributed by atoms with van der Waals surface area (Å²) in [6.45, 7) is 5.92. The molecule has 0 fully saturated rings. The third-order valence-corrected chi connectivity index (χ3v) is 3.66. The highest BCUT2D eigenvalue weighted by Gasteiger charge is 2.38. The normalized spacial score (nSPS) is 14.3. The largest absolute Gasteiger partial charge is 0.416 e. The fourth-order valence-electron chi connectivity index (χ4n) is 2.40. The van der Waals surface area contributed by atoms with Crippen LogP contribution in [0.2, 0.25) is 0 Å². The molecule has 0 aliphatic rings. The second-order valence-electron chi connectivity index (χ2n) is 4.73. The van der Waals surface area contributed by atoms with Crippen LogP contribution in [0.25, 0.3) is 0 Å². The van der Waals surface area contributed by atoms with Crippen molar-refractivity contribution in [1.29, 1.82) is 0 Å². The van der Waals surface area contributed by atoms with Gasteiger partial charge in [-0.1, -0.05) is 26.0 Å². The summed E-state index contributed by atoms with van der Waals surface area (Å²) in [7, 11) is 0. The van der Waals surface area contributed by atoms with Crippen LogP contribution in [0, 0.1) is 0 Å². The van der Waals surface area contributed by atoms with Crippen molar-refractivity contribution in [2.45, 2.75) is 51.5 Å². The molecule has 5 heteroatoms. The topological polar surface area (TPSA) is 29.5 Å². The minimum Gasteiger partial charge on any atom is -0.385 e. The minimum atomic E-state index is -4.41. The van der Waals surface area contributed by atoms with Crippen LogP contribution >= 0.6 is 0 Å². The van der Waals surface area contributed by atoms with Crippen LogP contribution in [0.4, 0.5) is 13.2 Å². The molecule has 20 heavy (non-hydrogen) atoms. The van der Waals surface area contributed by atoms with Crippen LogP contribution in [0.1, 0.15) is 50.8 Å². The van der Waals surface area contributed by atoms with Crippen LogP contribution in [0.3, 0.4) is 0 Å². The van der Waals surface area contributed by atoms with E-state index < -0.39 is 23.4 Å². The molecule has 0 aliphatic heterocycles. The summed E-state index contributed by atoms with van der Waals surface area (Å²) in [6.07, 6.45) is -4.45. The van der Waals surface area contributed by atoms with Gasteiger partial charge in [0.2, 0.25) is 0 Å². The smallest absolute Gasteiger partial charge is 0.385 e. The molecule has 0 heterocycles. The minimum absolute atomic E-state index is 0.233. The van der Waals surface area contributed by atoms with E-state index in [1.807, 2.05) is 13.8 Å². The monoisotopic (exact) mass is 290 g/mol. The van der Waals surface area contributed by atoms with Crippen molar-refractivity contribution >= 4 is 0 Å². The molecule has 0 bridgehead atoms. The average Bonchev–Trinajstić information content (AvgIpc) is 2.43. The van der Waals surface area contributed by atoms with Crippen LogP contribution in [0.15, 0.2) is 24.3 Å². The lowest BCUT2D eigenvalue weighted by molar-refractivity contribution is -0.139. The lowest BCUT2D eigenvalue weighted by Crippen LogP contribution is -2.38. The van der Waals surface area contributed by atoms with Gasteiger partial charge >= 0.3 is 6.18 Å². The molecule has 0 aromatic heterocycles. The fourth-order valence-corrected chi connectivity index (χ4v) is 2.40. The number of benzene rings is 1. The first-order valence-electron chi connectivity index (χ1n) is 6.80. The molecule has 114 valence electrons. The lowest BCUT2D eigenvalue weighted by Gasteiger charge is -2.36. The van der Waals surface area contributed by atoms with Crippen molar-refractivity contribution in [2.24, 2.45) is 0 Å². The zero-order valence-corrected chi connectivity index (χ0v) is 12.0. The van der Waals surface area contributed by atoms with Crippen LogP contribution in [0.5, 0.6) is 0 Å². The molecular formula is C15H21F3O2. The number of alkyl halides is 3. The maximum atomic E-state index is 12.7. The number of hydrogen-bond donors (Lipinski definition) is 1. The van der Waals surface area contributed by atoms with Gasteiger partial charge in [-0.3, -0.25) is 0 Å². The molecule has 1 aromatic rings. The van der Waals surface area contributed by atoms with E-state index in [-0.39, 0.29) is 5.56 Å². The molecule has 0 saturated carbocycles. The van der Waals surface area contributed by atoms with Crippen molar-refractivity contribution in [2.75, 3.05) is 6.61 Å². The zero-order valence-electron chi connectivity index (χ0n) is 12.0. The molecule has 0 radical (unpaired) electrons. The van der Waals surface area contributed by atoms with Gasteiger partial charge in [-0.05, 0) is 37.5 Å². The maximum Gasteiger partial charge on any atom is 0.416 e. The average molecular weight is 290 g/mol. The first-order chi connectivity index (χ1) is 9.30. The van der Waals surface area contributed by atoms with Crippen molar-refractivity contribution in [1.82, 2.24) is 0 Å². The molecule has 0 aliphatic carbocycles. The van der Waals surface area contributed by atoms with E-state index in [0.717, 1.165) is 12.1 Å². The Balaban J connectivity index is 3.15. The summed E-state index contributed by atoms with van der Waals surface area (Å²) in [4.78, 5) is 0. The van der Waals surface area contributed by atoms with Gasteiger partial charge in [0.15, 0.2) is 0 Å². The van der Waals surface area contributed by atoms with Crippen molar-refractivity contribution < 1.29 is 23.0 Å². The highest BCUT2D eigenvalue weighted by molar-refractivity contribution is 5.28. The van der Waals surface area contributed by atoms with Gasteiger partial charge < -0.3 is 9.84 Å². The van der Waals surface area contributed by atoms with E-state index >= 15 is 0 Å². The first-order valence-corrected chi connectivity index (χ1v) is 6.80. The SMILES string of the molecule is CCOC(CC)(CC)C(O)c1cccc(C(F)(F)F)c1. The van der Waals surface area contributed by atoms with Gasteiger partial charge in [-0.15, -0.1) is 0 Å². The number of aliphatic hydroxyl groups is 1. The number of rotatable bonds is 6. The molecule has 1 rings (SSSR count). The Morgan fingerprint density at radius 1 is 1.15 bits per heavy atom. The molecule has 1 N–H and O–H groups in total. The summed E-state index contributed by atoms with van der Waals surface area (Å²) in [5.41, 5.74) is -1.37. The van der Waals surface area contributed by atoms with Gasteiger partial charge in [-0.25, -0.2) is 0 Å². The predicted molar refractivity (Wildman–Crippen MR) is 71.3 cm³/mol. The maximum absolute atomic E-state index is 12.7. The van der Waals surface area contributed by atoms with E-state index in [9.17, 15) is 18.3 Å². The summed E-state index contributed by atoms with van der Waals surface area (Å²) in [5, 5.41) is 10.5. The Morgan fingerprint density at radius 2 is 1.75 bits per heavy atom. The molecule has 0 saturated heterocycles. The Bertz CT molecular complexity index is 425. The molecule has 0 spiro atoms. The van der Waals surface area contributed by atoms with E-state index in [0.29, 0.717) is 19.4 Å². The molecule has 1 unspecified atom stereocenters. The number of ether oxygens (including phenoxy) is 1. The predicted octanol–water partition coefficient (Wildman–Crippen LogP) is 4.33. The number of halogens is 3. The van der Waals surface area contributed by atoms with E-state index in [4.69, 9.17) is 4.74 Å². The summed E-state index contributed by atoms with van der Waals surface area (Å²) < 4.78 is 43.8. The zero-order chi connectivity index (χ0) is 15.4. The summed E-state index contributed by atoms with van der Waals surface area (Å²) in [6, 6.07) is 4.79. The quantitative estimate of drug-likeness (QED) is 0.844. The van der Waals surface area contributed by atoms with Gasteiger partial charge in [0, 0.05) is 6.61 Å². The molecule has 1 aromatic carbocycles. The van der Waals surface area contributed by atoms with Gasteiger partial charge in [0.1, 0.15) is 6.10 Å². The fraction of sp³-hybridized carbons (Fsp3) is 0.600. The number of hydrogen-bond acceptors (Lipinski definition) is 2. The van der Waals surface area contributed by atoms with Crippen molar-refractivity contribution in [3.05, 3.63) is 35.4 Å². The van der Waals surface area contributed by atoms with Crippen LogP contribution in [-0.4, -0.2) is 17.3 Å². The van der Waals surface area contributed by atoms with E-state index in [1.165, 1.54) is 12.1 Å². The lowest BCUT2D eigenvalue weighted by atomic mass is 9.85. The molecule has 0 amide bonds. The summed E-state index contributed by atoms with van der Waals surface area (Å²) in [5.74, 6) is 0. The first kappa shape index (κ1) is 17.0. The third kappa shape index (κ3) is 3.52. The van der Waals surface area contributed by atoms with Crippen LogP contribution in [-0.2, 0) is 10.9 Å². The Hall–Kier alpha value is -1.07. The second-order valence-corrected chi connectivity index (χ2v) is 4.73. The Morgan fingerprint density at radius 3 is 2.20 bits per heavy atom. The third-order valence-electron chi connectivity index (χ3n) is 3.66. The van der Waals surface area contributed by atoms with E-state index in [1.54, 1.807) is 6.92 Å². The Kier molecular flexibility index (Phi) is 5.59. The molecule has 2 nitrogen and oxygen atoms in total. The second kappa shape index (κ2) is 6.59. The van der Waals surface area contributed by atoms with Crippen molar-refractivity contribution in [3.63, 3.8) is 0 Å².